The Labute approximate surface area is 117 Å². The minimum absolute atomic E-state index is 0.114. The Hall–Kier alpha value is -2.36. The number of ether oxygens (including phenoxy) is 1. The lowest BCUT2D eigenvalue weighted by atomic mass is 10.0. The molecule has 0 N–H and O–H groups in total. The third-order valence-electron chi connectivity index (χ3n) is 3.19. The van der Waals surface area contributed by atoms with E-state index in [0.29, 0.717) is 0 Å². The topological polar surface area (TPSA) is 52.4 Å². The van der Waals surface area contributed by atoms with Gasteiger partial charge in [0, 0.05) is 12.0 Å². The predicted octanol–water partition coefficient (Wildman–Crippen LogP) is 4.12. The summed E-state index contributed by atoms with van der Waals surface area (Å²) in [5.74, 6) is 0.686. The van der Waals surface area contributed by atoms with Crippen LogP contribution in [0.15, 0.2) is 42.1 Å². The van der Waals surface area contributed by atoms with Gasteiger partial charge in [0.15, 0.2) is 0 Å². The van der Waals surface area contributed by atoms with Gasteiger partial charge in [-0.25, -0.2) is 0 Å². The number of benzene rings is 2. The lowest BCUT2D eigenvalue weighted by molar-refractivity contribution is -0.431. The van der Waals surface area contributed by atoms with Crippen molar-refractivity contribution < 1.29 is 9.66 Å². The molecule has 0 aromatic heterocycles. The van der Waals surface area contributed by atoms with Gasteiger partial charge in [0.25, 0.3) is 0 Å². The molecule has 0 atom stereocenters. The molecule has 0 saturated carbocycles. The molecule has 2 aromatic carbocycles. The molecule has 0 aliphatic heterocycles. The van der Waals surface area contributed by atoms with Crippen LogP contribution in [-0.2, 0) is 0 Å². The lowest BCUT2D eigenvalue weighted by Crippen LogP contribution is -2.05. The summed E-state index contributed by atoms with van der Waals surface area (Å²) in [5.41, 5.74) is 1.06. The SMILES string of the molecule is COc1ccc2cc(/C=C(/C(C)C)[N+](=O)[O-])ccc2c1. The Kier molecular flexibility index (Phi) is 4.03. The van der Waals surface area contributed by atoms with Crippen LogP contribution in [0, 0.1) is 16.0 Å². The van der Waals surface area contributed by atoms with Gasteiger partial charge in [0.2, 0.25) is 5.70 Å². The highest BCUT2D eigenvalue weighted by Gasteiger charge is 2.15. The van der Waals surface area contributed by atoms with Crippen molar-refractivity contribution in [1.82, 2.24) is 0 Å². The van der Waals surface area contributed by atoms with Crippen LogP contribution in [0.5, 0.6) is 5.75 Å². The summed E-state index contributed by atoms with van der Waals surface area (Å²) in [6.07, 6.45) is 1.63. The number of allylic oxidation sites excluding steroid dienone is 1. The Bertz CT molecular complexity index is 674. The maximum Gasteiger partial charge on any atom is 0.249 e. The summed E-state index contributed by atoms with van der Waals surface area (Å²) in [7, 11) is 1.63. The zero-order valence-corrected chi connectivity index (χ0v) is 11.8. The molecule has 2 rings (SSSR count). The van der Waals surface area contributed by atoms with Crippen LogP contribution in [0.25, 0.3) is 16.8 Å². The second kappa shape index (κ2) is 5.74. The Balaban J connectivity index is 2.46. The molecule has 104 valence electrons. The van der Waals surface area contributed by atoms with Crippen LogP contribution in [0.3, 0.4) is 0 Å². The molecule has 20 heavy (non-hydrogen) atoms. The van der Waals surface area contributed by atoms with E-state index < -0.39 is 0 Å². The number of methoxy groups -OCH3 is 1. The van der Waals surface area contributed by atoms with Gasteiger partial charge in [-0.2, -0.15) is 0 Å². The fraction of sp³-hybridized carbons (Fsp3) is 0.250. The predicted molar refractivity (Wildman–Crippen MR) is 80.3 cm³/mol. The van der Waals surface area contributed by atoms with E-state index in [9.17, 15) is 10.1 Å². The van der Waals surface area contributed by atoms with Crippen molar-refractivity contribution in [3.63, 3.8) is 0 Å². The number of fused-ring (bicyclic) bond motifs is 1. The van der Waals surface area contributed by atoms with Crippen molar-refractivity contribution in [2.24, 2.45) is 5.92 Å². The summed E-state index contributed by atoms with van der Waals surface area (Å²) >= 11 is 0. The molecule has 0 spiro atoms. The monoisotopic (exact) mass is 271 g/mol. The normalized spacial score (nSPS) is 11.9. The van der Waals surface area contributed by atoms with E-state index in [1.807, 2.05) is 50.2 Å². The summed E-state index contributed by atoms with van der Waals surface area (Å²) in [6, 6.07) is 11.6. The van der Waals surface area contributed by atoms with Crippen molar-refractivity contribution >= 4 is 16.8 Å². The molecular weight excluding hydrogens is 254 g/mol. The smallest absolute Gasteiger partial charge is 0.249 e. The zero-order valence-electron chi connectivity index (χ0n) is 11.8. The van der Waals surface area contributed by atoms with Gasteiger partial charge in [-0.05, 0) is 34.5 Å². The second-order valence-electron chi connectivity index (χ2n) is 4.95. The van der Waals surface area contributed by atoms with Gasteiger partial charge in [-0.3, -0.25) is 10.1 Å². The molecule has 0 bridgehead atoms. The molecule has 0 radical (unpaired) electrons. The molecule has 0 amide bonds. The second-order valence-corrected chi connectivity index (χ2v) is 4.95. The molecule has 0 unspecified atom stereocenters. The average molecular weight is 271 g/mol. The minimum Gasteiger partial charge on any atom is -0.497 e. The fourth-order valence-electron chi connectivity index (χ4n) is 2.06. The Morgan fingerprint density at radius 2 is 1.85 bits per heavy atom. The van der Waals surface area contributed by atoms with Crippen LogP contribution < -0.4 is 4.74 Å². The number of rotatable bonds is 4. The van der Waals surface area contributed by atoms with E-state index in [1.165, 1.54) is 0 Å². The number of nitro groups is 1. The van der Waals surface area contributed by atoms with Gasteiger partial charge in [-0.15, -0.1) is 0 Å². The van der Waals surface area contributed by atoms with E-state index in [2.05, 4.69) is 0 Å². The molecule has 2 aromatic rings. The van der Waals surface area contributed by atoms with Crippen LogP contribution >= 0.6 is 0 Å². The molecule has 0 saturated heterocycles. The highest BCUT2D eigenvalue weighted by Crippen LogP contribution is 2.23. The van der Waals surface area contributed by atoms with Crippen LogP contribution in [0.4, 0.5) is 0 Å². The zero-order chi connectivity index (χ0) is 14.7. The Morgan fingerprint density at radius 3 is 2.45 bits per heavy atom. The lowest BCUT2D eigenvalue weighted by Gasteiger charge is -2.05. The minimum atomic E-state index is -0.317. The van der Waals surface area contributed by atoms with Gasteiger partial charge in [0.1, 0.15) is 5.75 Å². The van der Waals surface area contributed by atoms with Gasteiger partial charge >= 0.3 is 0 Å². The first-order chi connectivity index (χ1) is 9.51. The first-order valence-electron chi connectivity index (χ1n) is 6.45. The number of hydrogen-bond donors (Lipinski definition) is 0. The largest absolute Gasteiger partial charge is 0.497 e. The van der Waals surface area contributed by atoms with E-state index >= 15 is 0 Å². The third kappa shape index (κ3) is 2.96. The number of nitrogens with zero attached hydrogens (tertiary/aromatic N) is 1. The van der Waals surface area contributed by atoms with E-state index in [4.69, 9.17) is 4.74 Å². The van der Waals surface area contributed by atoms with Crippen LogP contribution in [-0.4, -0.2) is 12.0 Å². The van der Waals surface area contributed by atoms with Gasteiger partial charge in [-0.1, -0.05) is 32.0 Å². The van der Waals surface area contributed by atoms with Crippen molar-refractivity contribution in [2.75, 3.05) is 7.11 Å². The first kappa shape index (κ1) is 14.1. The first-order valence-corrected chi connectivity index (χ1v) is 6.45. The molecule has 4 nitrogen and oxygen atoms in total. The van der Waals surface area contributed by atoms with Crippen molar-refractivity contribution in [1.29, 1.82) is 0 Å². The fourth-order valence-corrected chi connectivity index (χ4v) is 2.06. The summed E-state index contributed by atoms with van der Waals surface area (Å²) in [4.78, 5) is 10.7. The van der Waals surface area contributed by atoms with Gasteiger partial charge < -0.3 is 4.74 Å². The van der Waals surface area contributed by atoms with E-state index in [0.717, 1.165) is 22.1 Å². The molecule has 0 fully saturated rings. The molecular formula is C16H17NO3. The number of hydrogen-bond acceptors (Lipinski definition) is 3. The quantitative estimate of drug-likeness (QED) is 0.620. The van der Waals surface area contributed by atoms with E-state index in [-0.39, 0.29) is 16.5 Å². The van der Waals surface area contributed by atoms with Crippen molar-refractivity contribution in [3.05, 3.63) is 57.8 Å². The van der Waals surface area contributed by atoms with Crippen molar-refractivity contribution in [3.8, 4) is 5.75 Å². The van der Waals surface area contributed by atoms with Crippen LogP contribution in [0.2, 0.25) is 0 Å². The Morgan fingerprint density at radius 1 is 1.20 bits per heavy atom. The summed E-state index contributed by atoms with van der Waals surface area (Å²) < 4.78 is 5.18. The average Bonchev–Trinajstić information content (AvgIpc) is 2.43. The van der Waals surface area contributed by atoms with E-state index in [1.54, 1.807) is 13.2 Å². The molecule has 0 heterocycles. The maximum absolute atomic E-state index is 11.0. The summed E-state index contributed by atoms with van der Waals surface area (Å²) in [6.45, 7) is 3.64. The molecule has 0 aliphatic carbocycles. The maximum atomic E-state index is 11.0. The third-order valence-corrected chi connectivity index (χ3v) is 3.19. The van der Waals surface area contributed by atoms with Crippen molar-refractivity contribution in [2.45, 2.75) is 13.8 Å². The van der Waals surface area contributed by atoms with Crippen LogP contribution in [0.1, 0.15) is 19.4 Å². The van der Waals surface area contributed by atoms with Gasteiger partial charge in [0.05, 0.1) is 12.0 Å². The molecule has 0 aliphatic rings. The summed E-state index contributed by atoms with van der Waals surface area (Å²) in [5, 5.41) is 13.1. The highest BCUT2D eigenvalue weighted by atomic mass is 16.6. The standard InChI is InChI=1S/C16H17NO3/c1-11(2)16(17(18)19)9-12-4-5-14-10-15(20-3)7-6-13(14)8-12/h4-11H,1-3H3/b16-9-. The highest BCUT2D eigenvalue weighted by molar-refractivity contribution is 5.86. The molecule has 4 heteroatoms.